The van der Waals surface area contributed by atoms with Gasteiger partial charge in [0.25, 0.3) is 5.56 Å². The lowest BCUT2D eigenvalue weighted by molar-refractivity contribution is 0.628. The van der Waals surface area contributed by atoms with Gasteiger partial charge >= 0.3 is 0 Å². The number of aromatic nitrogens is 2. The number of hydrogen-bond donors (Lipinski definition) is 0. The van der Waals surface area contributed by atoms with Crippen molar-refractivity contribution in [3.63, 3.8) is 0 Å². The van der Waals surface area contributed by atoms with E-state index in [1.165, 1.54) is 16.9 Å². The largest absolute Gasteiger partial charge is 0.283 e. The van der Waals surface area contributed by atoms with Gasteiger partial charge < -0.3 is 0 Å². The van der Waals surface area contributed by atoms with Gasteiger partial charge in [-0.25, -0.2) is 4.98 Å². The van der Waals surface area contributed by atoms with Crippen LogP contribution in [0.3, 0.4) is 0 Å². The summed E-state index contributed by atoms with van der Waals surface area (Å²) in [5.41, 5.74) is 1.38. The Morgan fingerprint density at radius 1 is 1.45 bits per heavy atom. The molecule has 0 N–H and O–H groups in total. The van der Waals surface area contributed by atoms with Gasteiger partial charge in [-0.15, -0.1) is 17.9 Å². The molecule has 0 amide bonds. The molecule has 0 saturated heterocycles. The summed E-state index contributed by atoms with van der Waals surface area (Å²) in [5, 5.41) is 1.71. The highest BCUT2D eigenvalue weighted by atomic mass is 32.2. The van der Waals surface area contributed by atoms with E-state index in [4.69, 9.17) is 4.98 Å². The predicted octanol–water partition coefficient (Wildman–Crippen LogP) is 4.27. The van der Waals surface area contributed by atoms with Crippen LogP contribution in [0.5, 0.6) is 0 Å². The summed E-state index contributed by atoms with van der Waals surface area (Å²) < 4.78 is 1.80. The lowest BCUT2D eigenvalue weighted by Crippen LogP contribution is -2.23. The van der Waals surface area contributed by atoms with Crippen molar-refractivity contribution in [2.24, 2.45) is 5.92 Å². The highest BCUT2D eigenvalue weighted by Crippen LogP contribution is 2.35. The minimum absolute atomic E-state index is 0.122. The standard InChI is InChI=1S/C17H22N2OS2/c1-4-9-19-16(20)14-12-6-5-7-13(12)22-15(14)18-17(19)21-10-8-11(2)3/h4,11H,1,5-10H2,2-3H3. The molecule has 0 aromatic carbocycles. The molecule has 0 aliphatic heterocycles. The number of hydrogen-bond acceptors (Lipinski definition) is 4. The van der Waals surface area contributed by atoms with Crippen LogP contribution in [0.4, 0.5) is 0 Å². The van der Waals surface area contributed by atoms with Gasteiger partial charge in [-0.3, -0.25) is 9.36 Å². The van der Waals surface area contributed by atoms with Gasteiger partial charge in [-0.05, 0) is 37.2 Å². The summed E-state index contributed by atoms with van der Waals surface area (Å²) in [6.45, 7) is 8.77. The summed E-state index contributed by atoms with van der Waals surface area (Å²) in [5.74, 6) is 1.67. The van der Waals surface area contributed by atoms with Crippen molar-refractivity contribution in [1.82, 2.24) is 9.55 Å². The molecule has 0 atom stereocenters. The Balaban J connectivity index is 2.05. The molecular weight excluding hydrogens is 312 g/mol. The maximum absolute atomic E-state index is 12.9. The van der Waals surface area contributed by atoms with Crippen molar-refractivity contribution >= 4 is 33.3 Å². The second-order valence-electron chi connectivity index (χ2n) is 6.17. The fourth-order valence-electron chi connectivity index (χ4n) is 2.84. The number of fused-ring (bicyclic) bond motifs is 3. The van der Waals surface area contributed by atoms with E-state index in [1.54, 1.807) is 33.7 Å². The van der Waals surface area contributed by atoms with Crippen LogP contribution in [0.1, 0.15) is 37.1 Å². The summed E-state index contributed by atoms with van der Waals surface area (Å²) in [4.78, 5) is 20.0. The molecule has 3 nitrogen and oxygen atoms in total. The number of thioether (sulfide) groups is 1. The van der Waals surface area contributed by atoms with Gasteiger partial charge in [0, 0.05) is 17.2 Å². The molecule has 0 bridgehead atoms. The molecule has 5 heteroatoms. The van der Waals surface area contributed by atoms with E-state index in [0.29, 0.717) is 12.5 Å². The average molecular weight is 335 g/mol. The van der Waals surface area contributed by atoms with Crippen molar-refractivity contribution < 1.29 is 0 Å². The molecule has 0 radical (unpaired) electrons. The lowest BCUT2D eigenvalue weighted by Gasteiger charge is -2.11. The third kappa shape index (κ3) is 2.88. The van der Waals surface area contributed by atoms with E-state index in [1.807, 2.05) is 0 Å². The number of thiophene rings is 1. The Labute approximate surface area is 139 Å². The highest BCUT2D eigenvalue weighted by Gasteiger charge is 2.22. The first kappa shape index (κ1) is 15.8. The number of aryl methyl sites for hydroxylation is 2. The summed E-state index contributed by atoms with van der Waals surface area (Å²) in [6.07, 6.45) is 6.22. The van der Waals surface area contributed by atoms with Crippen LogP contribution in [0.2, 0.25) is 0 Å². The molecule has 1 aliphatic rings. The van der Waals surface area contributed by atoms with Crippen molar-refractivity contribution in [1.29, 1.82) is 0 Å². The molecule has 2 aromatic rings. The molecule has 22 heavy (non-hydrogen) atoms. The second kappa shape index (κ2) is 6.59. The van der Waals surface area contributed by atoms with Crippen LogP contribution < -0.4 is 5.56 Å². The fraction of sp³-hybridized carbons (Fsp3) is 0.529. The SMILES string of the molecule is C=CCn1c(SCCC(C)C)nc2sc3c(c2c1=O)CCC3. The van der Waals surface area contributed by atoms with Crippen molar-refractivity contribution in [2.45, 2.75) is 51.2 Å². The van der Waals surface area contributed by atoms with E-state index in [-0.39, 0.29) is 5.56 Å². The van der Waals surface area contributed by atoms with Gasteiger partial charge in [-0.1, -0.05) is 31.7 Å². The van der Waals surface area contributed by atoms with E-state index >= 15 is 0 Å². The zero-order valence-corrected chi connectivity index (χ0v) is 14.9. The first-order valence-corrected chi connectivity index (χ1v) is 9.70. The lowest BCUT2D eigenvalue weighted by atomic mass is 10.2. The third-order valence-electron chi connectivity index (χ3n) is 4.03. The Morgan fingerprint density at radius 3 is 3.00 bits per heavy atom. The summed E-state index contributed by atoms with van der Waals surface area (Å²) in [6, 6.07) is 0. The molecule has 0 unspecified atom stereocenters. The highest BCUT2D eigenvalue weighted by molar-refractivity contribution is 7.99. The zero-order valence-electron chi connectivity index (χ0n) is 13.2. The predicted molar refractivity (Wildman–Crippen MR) is 96.3 cm³/mol. The van der Waals surface area contributed by atoms with Crippen LogP contribution in [0, 0.1) is 5.92 Å². The van der Waals surface area contributed by atoms with Gasteiger partial charge in [0.15, 0.2) is 5.16 Å². The monoisotopic (exact) mass is 334 g/mol. The van der Waals surface area contributed by atoms with E-state index in [2.05, 4.69) is 20.4 Å². The van der Waals surface area contributed by atoms with E-state index in [9.17, 15) is 4.79 Å². The quantitative estimate of drug-likeness (QED) is 0.449. The molecule has 0 saturated carbocycles. The van der Waals surface area contributed by atoms with Crippen LogP contribution in [-0.4, -0.2) is 15.3 Å². The Morgan fingerprint density at radius 2 is 2.27 bits per heavy atom. The molecule has 1 aliphatic carbocycles. The Hall–Kier alpha value is -1.07. The molecule has 0 spiro atoms. The van der Waals surface area contributed by atoms with Gasteiger partial charge in [0.1, 0.15) is 4.83 Å². The van der Waals surface area contributed by atoms with Crippen molar-refractivity contribution in [3.05, 3.63) is 33.4 Å². The maximum atomic E-state index is 12.9. The molecule has 118 valence electrons. The van der Waals surface area contributed by atoms with Crippen molar-refractivity contribution in [3.8, 4) is 0 Å². The zero-order chi connectivity index (χ0) is 15.7. The molecule has 2 heterocycles. The smallest absolute Gasteiger partial charge is 0.263 e. The van der Waals surface area contributed by atoms with Gasteiger partial charge in [-0.2, -0.15) is 0 Å². The fourth-order valence-corrected chi connectivity index (χ4v) is 5.39. The minimum atomic E-state index is 0.122. The van der Waals surface area contributed by atoms with Gasteiger partial charge in [0.05, 0.1) is 5.39 Å². The molecular formula is C17H22N2OS2. The molecule has 3 rings (SSSR count). The van der Waals surface area contributed by atoms with Crippen LogP contribution in [0.25, 0.3) is 10.2 Å². The maximum Gasteiger partial charge on any atom is 0.263 e. The summed E-state index contributed by atoms with van der Waals surface area (Å²) in [7, 11) is 0. The second-order valence-corrected chi connectivity index (χ2v) is 8.31. The third-order valence-corrected chi connectivity index (χ3v) is 6.22. The number of rotatable bonds is 6. The number of nitrogens with zero attached hydrogens (tertiary/aromatic N) is 2. The molecule has 2 aromatic heterocycles. The minimum Gasteiger partial charge on any atom is -0.283 e. The summed E-state index contributed by atoms with van der Waals surface area (Å²) >= 11 is 3.41. The topological polar surface area (TPSA) is 34.9 Å². The van der Waals surface area contributed by atoms with E-state index in [0.717, 1.165) is 40.4 Å². The van der Waals surface area contributed by atoms with Crippen molar-refractivity contribution in [2.75, 3.05) is 5.75 Å². The Kier molecular flexibility index (Phi) is 4.73. The number of allylic oxidation sites excluding steroid dienone is 1. The Bertz CT molecular complexity index is 758. The average Bonchev–Trinajstić information content (AvgIpc) is 3.02. The molecule has 0 fully saturated rings. The van der Waals surface area contributed by atoms with E-state index < -0.39 is 0 Å². The van der Waals surface area contributed by atoms with Crippen LogP contribution in [0.15, 0.2) is 22.6 Å². The normalized spacial score (nSPS) is 14.0. The first-order valence-electron chi connectivity index (χ1n) is 7.90. The van der Waals surface area contributed by atoms with Crippen LogP contribution >= 0.6 is 23.1 Å². The first-order chi connectivity index (χ1) is 10.6. The van der Waals surface area contributed by atoms with Crippen LogP contribution in [-0.2, 0) is 19.4 Å². The van der Waals surface area contributed by atoms with Gasteiger partial charge in [0.2, 0.25) is 0 Å².